The van der Waals surface area contributed by atoms with Crippen LogP contribution in [0, 0.1) is 0 Å². The minimum atomic E-state index is -4.77. The van der Waals surface area contributed by atoms with Crippen LogP contribution in [0.1, 0.15) is 10.4 Å². The third-order valence-corrected chi connectivity index (χ3v) is 5.00. The third-order valence-electron chi connectivity index (χ3n) is 4.05. The highest BCUT2D eigenvalue weighted by Gasteiger charge is 2.31. The van der Waals surface area contributed by atoms with Crippen molar-refractivity contribution in [2.75, 3.05) is 24.0 Å². The van der Waals surface area contributed by atoms with Gasteiger partial charge in [-0.25, -0.2) is 4.98 Å². The van der Waals surface area contributed by atoms with Gasteiger partial charge >= 0.3 is 6.36 Å². The molecule has 0 radical (unpaired) electrons. The SMILES string of the molecule is CNC(=O)c1ccc2c(c1)nc(NCSc1cc(OC(F)(F)F)ccc1N)n2C. The predicted octanol–water partition coefficient (Wildman–Crippen LogP) is 3.58. The lowest BCUT2D eigenvalue weighted by molar-refractivity contribution is -0.274. The van der Waals surface area contributed by atoms with Crippen molar-refractivity contribution < 1.29 is 22.7 Å². The number of nitrogens with two attached hydrogens (primary N) is 1. The standard InChI is InChI=1S/C18H18F3N5O2S/c1-23-16(27)10-3-6-14-13(7-10)25-17(26(14)2)24-9-29-15-8-11(4-5-12(15)22)28-18(19,20)21/h3-8H,9,22H2,1-2H3,(H,23,27)(H,24,25). The Hall–Kier alpha value is -3.08. The molecule has 11 heteroatoms. The number of carbonyl (C=O) groups is 1. The molecule has 0 aliphatic carbocycles. The summed E-state index contributed by atoms with van der Waals surface area (Å²) >= 11 is 1.21. The summed E-state index contributed by atoms with van der Waals surface area (Å²) in [6.45, 7) is 0. The number of amides is 1. The number of rotatable bonds is 6. The predicted molar refractivity (Wildman–Crippen MR) is 106 cm³/mol. The average Bonchev–Trinajstić information content (AvgIpc) is 2.97. The second-order valence-corrected chi connectivity index (χ2v) is 7.01. The minimum absolute atomic E-state index is 0.209. The zero-order valence-corrected chi connectivity index (χ0v) is 16.3. The van der Waals surface area contributed by atoms with E-state index in [0.29, 0.717) is 33.5 Å². The molecule has 3 rings (SSSR count). The van der Waals surface area contributed by atoms with E-state index in [-0.39, 0.29) is 11.7 Å². The number of halogens is 3. The Labute approximate surface area is 168 Å². The van der Waals surface area contributed by atoms with Gasteiger partial charge in [0.15, 0.2) is 0 Å². The van der Waals surface area contributed by atoms with E-state index < -0.39 is 6.36 Å². The second-order valence-electron chi connectivity index (χ2n) is 5.99. The summed E-state index contributed by atoms with van der Waals surface area (Å²) in [4.78, 5) is 16.7. The molecule has 1 aromatic heterocycles. The number of fused-ring (bicyclic) bond motifs is 1. The highest BCUT2D eigenvalue weighted by Crippen LogP contribution is 2.32. The number of nitrogen functional groups attached to an aromatic ring is 1. The largest absolute Gasteiger partial charge is 0.573 e. The molecule has 0 saturated carbocycles. The van der Waals surface area contributed by atoms with Crippen LogP contribution < -0.4 is 21.1 Å². The van der Waals surface area contributed by atoms with Crippen LogP contribution in [-0.4, -0.2) is 34.7 Å². The van der Waals surface area contributed by atoms with Crippen LogP contribution in [0.2, 0.25) is 0 Å². The first kappa shape index (κ1) is 20.6. The second kappa shape index (κ2) is 8.11. The molecule has 0 aliphatic heterocycles. The first-order valence-corrected chi connectivity index (χ1v) is 9.37. The first-order valence-electron chi connectivity index (χ1n) is 8.38. The maximum absolute atomic E-state index is 12.4. The van der Waals surface area contributed by atoms with Crippen LogP contribution >= 0.6 is 11.8 Å². The summed E-state index contributed by atoms with van der Waals surface area (Å²) in [5, 5.41) is 5.66. The number of nitrogens with zero attached hydrogens (tertiary/aromatic N) is 2. The Morgan fingerprint density at radius 3 is 2.72 bits per heavy atom. The van der Waals surface area contributed by atoms with Crippen molar-refractivity contribution >= 4 is 40.3 Å². The van der Waals surface area contributed by atoms with Crippen molar-refractivity contribution in [2.24, 2.45) is 7.05 Å². The molecular formula is C18H18F3N5O2S. The van der Waals surface area contributed by atoms with E-state index in [1.54, 1.807) is 25.2 Å². The molecule has 1 amide bonds. The van der Waals surface area contributed by atoms with Crippen LogP contribution in [0.5, 0.6) is 5.75 Å². The van der Waals surface area contributed by atoms with E-state index in [4.69, 9.17) is 5.73 Å². The quantitative estimate of drug-likeness (QED) is 0.318. The van der Waals surface area contributed by atoms with Gasteiger partial charge in [0, 0.05) is 30.2 Å². The molecular weight excluding hydrogens is 407 g/mol. The van der Waals surface area contributed by atoms with Gasteiger partial charge in [-0.15, -0.1) is 24.9 Å². The number of hydrogen-bond acceptors (Lipinski definition) is 6. The average molecular weight is 425 g/mol. The van der Waals surface area contributed by atoms with Crippen molar-refractivity contribution in [3.05, 3.63) is 42.0 Å². The van der Waals surface area contributed by atoms with E-state index in [2.05, 4.69) is 20.4 Å². The monoisotopic (exact) mass is 425 g/mol. The number of nitrogens with one attached hydrogen (secondary N) is 2. The zero-order valence-electron chi connectivity index (χ0n) is 15.5. The first-order chi connectivity index (χ1) is 13.7. The number of anilines is 2. The third kappa shape index (κ3) is 4.86. The molecule has 154 valence electrons. The molecule has 0 atom stereocenters. The van der Waals surface area contributed by atoms with Gasteiger partial charge in [-0.2, -0.15) is 0 Å². The lowest BCUT2D eigenvalue weighted by Gasteiger charge is -2.12. The fourth-order valence-corrected chi connectivity index (χ4v) is 3.45. The Kier molecular flexibility index (Phi) is 5.78. The highest BCUT2D eigenvalue weighted by atomic mass is 32.2. The lowest BCUT2D eigenvalue weighted by atomic mass is 10.2. The van der Waals surface area contributed by atoms with E-state index in [9.17, 15) is 18.0 Å². The molecule has 0 aliphatic rings. The summed E-state index contributed by atoms with van der Waals surface area (Å²) in [5.41, 5.74) is 8.14. The molecule has 3 aromatic rings. The topological polar surface area (TPSA) is 94.2 Å². The van der Waals surface area contributed by atoms with Gasteiger partial charge in [0.05, 0.1) is 16.9 Å². The Bertz CT molecular complexity index is 1050. The number of aryl methyl sites for hydroxylation is 1. The highest BCUT2D eigenvalue weighted by molar-refractivity contribution is 7.99. The maximum atomic E-state index is 12.4. The Balaban J connectivity index is 1.72. The normalized spacial score (nSPS) is 11.5. The van der Waals surface area contributed by atoms with Crippen molar-refractivity contribution in [1.29, 1.82) is 0 Å². The van der Waals surface area contributed by atoms with Crippen molar-refractivity contribution in [3.8, 4) is 5.75 Å². The van der Waals surface area contributed by atoms with Crippen molar-refractivity contribution in [3.63, 3.8) is 0 Å². The van der Waals surface area contributed by atoms with E-state index in [1.165, 1.54) is 23.9 Å². The molecule has 7 nitrogen and oxygen atoms in total. The molecule has 0 fully saturated rings. The van der Waals surface area contributed by atoms with E-state index in [1.807, 2.05) is 11.6 Å². The van der Waals surface area contributed by atoms with E-state index in [0.717, 1.165) is 11.6 Å². The summed E-state index contributed by atoms with van der Waals surface area (Å²) in [6, 6.07) is 8.94. The zero-order chi connectivity index (χ0) is 21.2. The molecule has 0 bridgehead atoms. The number of imidazole rings is 1. The number of alkyl halides is 3. The van der Waals surface area contributed by atoms with Crippen LogP contribution in [-0.2, 0) is 7.05 Å². The fourth-order valence-electron chi connectivity index (χ4n) is 2.66. The molecule has 0 saturated heterocycles. The van der Waals surface area contributed by atoms with Gasteiger partial charge < -0.3 is 25.7 Å². The van der Waals surface area contributed by atoms with Gasteiger partial charge in [-0.1, -0.05) is 0 Å². The maximum Gasteiger partial charge on any atom is 0.573 e. The number of hydrogen-bond donors (Lipinski definition) is 3. The molecule has 1 heterocycles. The molecule has 4 N–H and O–H groups in total. The summed E-state index contributed by atoms with van der Waals surface area (Å²) in [5.74, 6) is 0.305. The summed E-state index contributed by atoms with van der Waals surface area (Å²) < 4.78 is 42.9. The molecule has 0 unspecified atom stereocenters. The molecule has 0 spiro atoms. The smallest absolute Gasteiger partial charge is 0.406 e. The van der Waals surface area contributed by atoms with Crippen molar-refractivity contribution in [2.45, 2.75) is 11.3 Å². The number of aromatic nitrogens is 2. The van der Waals surface area contributed by atoms with Crippen molar-refractivity contribution in [1.82, 2.24) is 14.9 Å². The van der Waals surface area contributed by atoms with Crippen LogP contribution in [0.4, 0.5) is 24.8 Å². The van der Waals surface area contributed by atoms with Crippen LogP contribution in [0.15, 0.2) is 41.3 Å². The number of benzene rings is 2. The Morgan fingerprint density at radius 1 is 1.28 bits per heavy atom. The lowest BCUT2D eigenvalue weighted by Crippen LogP contribution is -2.17. The molecule has 2 aromatic carbocycles. The van der Waals surface area contributed by atoms with Gasteiger partial charge in [0.1, 0.15) is 5.75 Å². The van der Waals surface area contributed by atoms with Gasteiger partial charge in [-0.3, -0.25) is 4.79 Å². The Morgan fingerprint density at radius 2 is 2.03 bits per heavy atom. The molecule has 29 heavy (non-hydrogen) atoms. The number of thioether (sulfide) groups is 1. The van der Waals surface area contributed by atoms with Crippen LogP contribution in [0.3, 0.4) is 0 Å². The van der Waals surface area contributed by atoms with E-state index >= 15 is 0 Å². The van der Waals surface area contributed by atoms with Gasteiger partial charge in [-0.05, 0) is 36.4 Å². The number of ether oxygens (including phenoxy) is 1. The minimum Gasteiger partial charge on any atom is -0.406 e. The summed E-state index contributed by atoms with van der Waals surface area (Å²) in [7, 11) is 3.36. The number of carbonyl (C=O) groups excluding carboxylic acids is 1. The van der Waals surface area contributed by atoms with Gasteiger partial charge in [0.25, 0.3) is 5.91 Å². The summed E-state index contributed by atoms with van der Waals surface area (Å²) in [6.07, 6.45) is -4.77. The van der Waals surface area contributed by atoms with Crippen LogP contribution in [0.25, 0.3) is 11.0 Å². The fraction of sp³-hybridized carbons (Fsp3) is 0.222. The van der Waals surface area contributed by atoms with Gasteiger partial charge in [0.2, 0.25) is 5.95 Å².